The highest BCUT2D eigenvalue weighted by atomic mass is 35.5. The average molecular weight is 366 g/mol. The Kier molecular flexibility index (Phi) is 3.07. The summed E-state index contributed by atoms with van der Waals surface area (Å²) in [6, 6.07) is 1.22. The van der Waals surface area contributed by atoms with Gasteiger partial charge < -0.3 is 24.0 Å². The molecule has 0 radical (unpaired) electrons. The molecule has 5 saturated heterocycles. The number of fused-ring (bicyclic) bond motifs is 2. The maximum atomic E-state index is 6.29. The van der Waals surface area contributed by atoms with E-state index in [-0.39, 0.29) is 22.8 Å². The second kappa shape index (κ2) is 5.16. The Morgan fingerprint density at radius 1 is 0.800 bits per heavy atom. The van der Waals surface area contributed by atoms with E-state index >= 15 is 0 Å². The Labute approximate surface area is 150 Å². The minimum absolute atomic E-state index is 0.108. The van der Waals surface area contributed by atoms with Crippen LogP contribution in [0.25, 0.3) is 0 Å². The molecule has 1 aromatic rings. The topological polar surface area (TPSA) is 72.8 Å². The zero-order chi connectivity index (χ0) is 16.6. The largest absolute Gasteiger partial charge is 0.378 e. The predicted molar refractivity (Wildman–Crippen MR) is 89.1 cm³/mol. The van der Waals surface area contributed by atoms with Crippen molar-refractivity contribution in [1.29, 1.82) is 0 Å². The molecule has 5 fully saturated rings. The van der Waals surface area contributed by atoms with E-state index in [1.165, 1.54) is 0 Å². The van der Waals surface area contributed by atoms with Crippen molar-refractivity contribution in [2.75, 3.05) is 49.4 Å². The molecule has 1 aromatic heterocycles. The molecule has 5 aliphatic rings. The highest BCUT2D eigenvalue weighted by Crippen LogP contribution is 2.53. The van der Waals surface area contributed by atoms with Crippen LogP contribution in [0.2, 0.25) is 5.28 Å². The first-order valence-electron chi connectivity index (χ1n) is 8.98. The van der Waals surface area contributed by atoms with E-state index in [4.69, 9.17) is 30.8 Å². The molecule has 4 atom stereocenters. The van der Waals surface area contributed by atoms with E-state index < -0.39 is 0 Å². The highest BCUT2D eigenvalue weighted by Gasteiger charge is 2.67. The number of rotatable bonds is 2. The summed E-state index contributed by atoms with van der Waals surface area (Å²) in [5.74, 6) is 1.34. The van der Waals surface area contributed by atoms with Gasteiger partial charge in [-0.05, 0) is 24.4 Å². The average Bonchev–Trinajstić information content (AvgIpc) is 3.22. The maximum absolute atomic E-state index is 6.29. The molecule has 4 unspecified atom stereocenters. The molecule has 0 aromatic carbocycles. The molecule has 2 bridgehead atoms. The minimum Gasteiger partial charge on any atom is -0.378 e. The van der Waals surface area contributed by atoms with Crippen molar-refractivity contribution in [3.05, 3.63) is 5.28 Å². The minimum atomic E-state index is 0.108. The number of hydrogen-bond acceptors (Lipinski definition) is 8. The fourth-order valence-electron chi connectivity index (χ4n) is 5.35. The van der Waals surface area contributed by atoms with Crippen LogP contribution in [0.5, 0.6) is 0 Å². The third-order valence-corrected chi connectivity index (χ3v) is 6.75. The van der Waals surface area contributed by atoms with Gasteiger partial charge in [0.15, 0.2) is 0 Å². The molecule has 134 valence electrons. The van der Waals surface area contributed by atoms with Crippen molar-refractivity contribution < 1.29 is 14.2 Å². The number of halogens is 1. The van der Waals surface area contributed by atoms with Crippen LogP contribution in [0.3, 0.4) is 0 Å². The van der Waals surface area contributed by atoms with Gasteiger partial charge in [0, 0.05) is 0 Å². The molecule has 1 spiro atoms. The molecule has 0 saturated carbocycles. The van der Waals surface area contributed by atoms with E-state index in [0.29, 0.717) is 37.2 Å². The first kappa shape index (κ1) is 14.9. The summed E-state index contributed by atoms with van der Waals surface area (Å²) in [5.41, 5.74) is 0.108. The Morgan fingerprint density at radius 3 is 2.04 bits per heavy atom. The second-order valence-corrected chi connectivity index (χ2v) is 8.07. The van der Waals surface area contributed by atoms with Gasteiger partial charge in [0.1, 0.15) is 0 Å². The Bertz CT molecular complexity index is 685. The summed E-state index contributed by atoms with van der Waals surface area (Å²) in [6.07, 6.45) is 2.23. The molecule has 0 amide bonds. The first-order valence-corrected chi connectivity index (χ1v) is 9.35. The lowest BCUT2D eigenvalue weighted by Gasteiger charge is -2.55. The molecular weight excluding hydrogens is 346 g/mol. The lowest BCUT2D eigenvalue weighted by Crippen LogP contribution is -2.71. The molecule has 8 nitrogen and oxygen atoms in total. The summed E-state index contributed by atoms with van der Waals surface area (Å²) in [6.45, 7) is 4.38. The van der Waals surface area contributed by atoms with Crippen LogP contribution in [-0.4, -0.2) is 78.8 Å². The van der Waals surface area contributed by atoms with E-state index in [9.17, 15) is 0 Å². The van der Waals surface area contributed by atoms with Crippen LogP contribution in [0.1, 0.15) is 12.8 Å². The summed E-state index contributed by atoms with van der Waals surface area (Å²) in [5, 5.41) is 0.251. The number of anilines is 2. The van der Waals surface area contributed by atoms with Crippen LogP contribution >= 0.6 is 11.6 Å². The van der Waals surface area contributed by atoms with Gasteiger partial charge in [-0.1, -0.05) is 0 Å². The molecule has 6 rings (SSSR count). The smallest absolute Gasteiger partial charge is 0.232 e. The van der Waals surface area contributed by atoms with Crippen molar-refractivity contribution in [1.82, 2.24) is 15.0 Å². The Morgan fingerprint density at radius 2 is 1.40 bits per heavy atom. The van der Waals surface area contributed by atoms with Crippen LogP contribution in [0.15, 0.2) is 0 Å². The monoisotopic (exact) mass is 365 g/mol. The summed E-state index contributed by atoms with van der Waals surface area (Å²) < 4.78 is 17.2. The van der Waals surface area contributed by atoms with Gasteiger partial charge in [0.25, 0.3) is 0 Å². The van der Waals surface area contributed by atoms with Gasteiger partial charge in [-0.2, -0.15) is 15.0 Å². The Balaban J connectivity index is 1.37. The fourth-order valence-corrected chi connectivity index (χ4v) is 5.50. The van der Waals surface area contributed by atoms with Crippen LogP contribution in [0, 0.1) is 5.41 Å². The number of hydrogen-bond donors (Lipinski definition) is 0. The van der Waals surface area contributed by atoms with Crippen molar-refractivity contribution in [2.45, 2.75) is 37.0 Å². The predicted octanol–water partition coefficient (Wildman–Crippen LogP) is 0.497. The number of nitrogens with zero attached hydrogens (tertiary/aromatic N) is 5. The third-order valence-electron chi connectivity index (χ3n) is 6.58. The van der Waals surface area contributed by atoms with Gasteiger partial charge in [-0.15, -0.1) is 0 Å². The summed E-state index contributed by atoms with van der Waals surface area (Å²) >= 11 is 6.29. The van der Waals surface area contributed by atoms with E-state index in [2.05, 4.69) is 19.8 Å². The van der Waals surface area contributed by atoms with Gasteiger partial charge in [0.05, 0.1) is 69.2 Å². The van der Waals surface area contributed by atoms with Gasteiger partial charge >= 0.3 is 0 Å². The molecular formula is C16H20ClN5O3. The summed E-state index contributed by atoms with van der Waals surface area (Å²) in [7, 11) is 0. The zero-order valence-corrected chi connectivity index (χ0v) is 14.6. The van der Waals surface area contributed by atoms with Crippen molar-refractivity contribution in [3.8, 4) is 0 Å². The molecule has 5 aliphatic heterocycles. The number of ether oxygens (including phenoxy) is 3. The summed E-state index contributed by atoms with van der Waals surface area (Å²) in [4.78, 5) is 18.2. The van der Waals surface area contributed by atoms with E-state index in [1.807, 2.05) is 0 Å². The maximum Gasteiger partial charge on any atom is 0.232 e. The van der Waals surface area contributed by atoms with E-state index in [0.717, 1.165) is 39.3 Å². The van der Waals surface area contributed by atoms with Crippen LogP contribution in [0.4, 0.5) is 11.9 Å². The quantitative estimate of drug-likeness (QED) is 0.750. The van der Waals surface area contributed by atoms with Crippen LogP contribution < -0.4 is 9.80 Å². The molecule has 6 heterocycles. The highest BCUT2D eigenvalue weighted by molar-refractivity contribution is 6.28. The van der Waals surface area contributed by atoms with Crippen molar-refractivity contribution in [2.24, 2.45) is 5.41 Å². The molecule has 0 aliphatic carbocycles. The van der Waals surface area contributed by atoms with Crippen LogP contribution in [-0.2, 0) is 14.2 Å². The second-order valence-electron chi connectivity index (χ2n) is 7.74. The lowest BCUT2D eigenvalue weighted by molar-refractivity contribution is 0.0895. The van der Waals surface area contributed by atoms with Crippen molar-refractivity contribution >= 4 is 23.5 Å². The third kappa shape index (κ3) is 1.91. The SMILES string of the molecule is Clc1nc(N2C3CCC2COC3)nc(N2C3COCC34COCC24)n1. The number of morpholine rings is 1. The molecule has 25 heavy (non-hydrogen) atoms. The molecule has 9 heteroatoms. The first-order chi connectivity index (χ1) is 12.3. The Hall–Kier alpha value is -1.22. The molecule has 0 N–H and O–H groups in total. The van der Waals surface area contributed by atoms with Gasteiger partial charge in [-0.3, -0.25) is 0 Å². The fraction of sp³-hybridized carbons (Fsp3) is 0.812. The van der Waals surface area contributed by atoms with Crippen molar-refractivity contribution in [3.63, 3.8) is 0 Å². The lowest BCUT2D eigenvalue weighted by atomic mass is 9.69. The standard InChI is InChI=1S/C16H20ClN5O3/c17-13-18-14(21-9-1-2-10(21)4-23-3-9)20-15(19-13)22-11-5-24-7-16(11)8-25-6-12(16)22/h9-12H,1-8H2. The van der Waals surface area contributed by atoms with Gasteiger partial charge in [0.2, 0.25) is 17.2 Å². The van der Waals surface area contributed by atoms with Gasteiger partial charge in [-0.25, -0.2) is 0 Å². The number of aromatic nitrogens is 3. The zero-order valence-electron chi connectivity index (χ0n) is 13.8. The normalized spacial score (nSPS) is 41.6. The van der Waals surface area contributed by atoms with E-state index in [1.54, 1.807) is 0 Å².